The van der Waals surface area contributed by atoms with Gasteiger partial charge in [-0.3, -0.25) is 0 Å². The van der Waals surface area contributed by atoms with Crippen LogP contribution in [0.5, 0.6) is 0 Å². The second kappa shape index (κ2) is 16.0. The molecule has 322 valence electrons. The van der Waals surface area contributed by atoms with E-state index in [9.17, 15) is 0 Å². The number of nitrogens with zero attached hydrogens (tertiary/aromatic N) is 5. The highest BCUT2D eigenvalue weighted by Gasteiger charge is 2.41. The summed E-state index contributed by atoms with van der Waals surface area (Å²) in [6.45, 7) is 0. The van der Waals surface area contributed by atoms with E-state index in [1.54, 1.807) is 0 Å². The number of fused-ring (bicyclic) bond motifs is 3. The summed E-state index contributed by atoms with van der Waals surface area (Å²) >= 11 is 1.86. The molecule has 0 saturated carbocycles. The first kappa shape index (κ1) is 39.5. The zero-order chi connectivity index (χ0) is 45.4. The third-order valence-corrected chi connectivity index (χ3v) is 15.1. The minimum atomic E-state index is 0.0446. The lowest BCUT2D eigenvalue weighted by Gasteiger charge is -2.42. The maximum atomic E-state index is 5.32. The van der Waals surface area contributed by atoms with Crippen molar-refractivity contribution in [2.24, 2.45) is 0 Å². The Morgan fingerprint density at radius 1 is 0.275 bits per heavy atom. The van der Waals surface area contributed by atoms with Crippen molar-refractivity contribution in [3.8, 4) is 79.2 Å². The van der Waals surface area contributed by atoms with Gasteiger partial charge < -0.3 is 0 Å². The van der Waals surface area contributed by atoms with E-state index in [2.05, 4.69) is 182 Å². The fourth-order valence-corrected chi connectivity index (χ4v) is 12.0. The average molecular weight is 898 g/mol. The largest absolute Gasteiger partial charge is 0.228 e. The molecule has 0 fully saturated rings. The average Bonchev–Trinajstić information content (AvgIpc) is 3.82. The van der Waals surface area contributed by atoms with E-state index in [4.69, 9.17) is 24.9 Å². The van der Waals surface area contributed by atoms with Crippen molar-refractivity contribution in [1.29, 1.82) is 0 Å². The molecule has 0 saturated heterocycles. The lowest BCUT2D eigenvalue weighted by Crippen LogP contribution is -2.27. The smallest absolute Gasteiger partial charge is 0.164 e. The van der Waals surface area contributed by atoms with Gasteiger partial charge in [-0.1, -0.05) is 194 Å². The van der Waals surface area contributed by atoms with E-state index in [0.717, 1.165) is 44.8 Å². The zero-order valence-electron chi connectivity index (χ0n) is 37.2. The van der Waals surface area contributed by atoms with Crippen LogP contribution in [0.1, 0.15) is 45.2 Å². The Kier molecular flexibility index (Phi) is 9.14. The van der Waals surface area contributed by atoms with Crippen LogP contribution in [-0.2, 0) is 0 Å². The van der Waals surface area contributed by atoms with E-state index < -0.39 is 0 Å². The summed E-state index contributed by atoms with van der Waals surface area (Å²) < 4.78 is 2.60. The van der Waals surface area contributed by atoms with Crippen molar-refractivity contribution in [1.82, 2.24) is 24.9 Å². The van der Waals surface area contributed by atoms with E-state index in [0.29, 0.717) is 23.3 Å². The molecule has 15 rings (SSSR count). The van der Waals surface area contributed by atoms with Gasteiger partial charge in [0.2, 0.25) is 0 Å². The Morgan fingerprint density at radius 2 is 0.710 bits per heavy atom. The van der Waals surface area contributed by atoms with Gasteiger partial charge in [-0.2, -0.15) is 0 Å². The van der Waals surface area contributed by atoms with Gasteiger partial charge in [-0.05, 0) is 74.8 Å². The molecule has 69 heavy (non-hydrogen) atoms. The second-order valence-electron chi connectivity index (χ2n) is 17.9. The summed E-state index contributed by atoms with van der Waals surface area (Å²) in [5, 5.41) is 2.59. The van der Waals surface area contributed by atoms with E-state index in [1.807, 2.05) is 53.8 Å². The fourth-order valence-electron chi connectivity index (χ4n) is 10.7. The van der Waals surface area contributed by atoms with Crippen molar-refractivity contribution in [2.75, 3.05) is 0 Å². The van der Waals surface area contributed by atoms with Crippen molar-refractivity contribution >= 4 is 31.5 Å². The Hall–Kier alpha value is -8.71. The highest BCUT2D eigenvalue weighted by atomic mass is 32.1. The van der Waals surface area contributed by atoms with Crippen LogP contribution in [0, 0.1) is 0 Å². The zero-order valence-corrected chi connectivity index (χ0v) is 38.0. The standard InChI is InChI=1S/C63H39N5S/c1-4-16-38(17-5-1)60-64-54(42-23-14-22-41(34-42)45-27-15-28-51-46-24-12-13-29-56(46)69-59(45)51)37-55(65-60)43-30-32-49-52(35-43)57-47-25-10-11-26-48(47)58(49)53-36-44(31-33-50(53)57)63-67-61(39-18-6-2-7-19-39)66-62(68-63)40-20-8-3-9-21-40/h1-37,57-58H. The van der Waals surface area contributed by atoms with Crippen LogP contribution < -0.4 is 0 Å². The van der Waals surface area contributed by atoms with E-state index in [-0.39, 0.29) is 11.8 Å². The third-order valence-electron chi connectivity index (χ3n) is 13.9. The number of aromatic nitrogens is 5. The molecule has 12 aromatic rings. The van der Waals surface area contributed by atoms with Gasteiger partial charge in [-0.25, -0.2) is 24.9 Å². The molecule has 2 atom stereocenters. The molecular weight excluding hydrogens is 859 g/mol. The van der Waals surface area contributed by atoms with Crippen LogP contribution in [0.2, 0.25) is 0 Å². The first-order chi connectivity index (χ1) is 34.2. The number of thiophene rings is 1. The molecule has 3 aliphatic rings. The maximum Gasteiger partial charge on any atom is 0.164 e. The van der Waals surface area contributed by atoms with Gasteiger partial charge in [0.25, 0.3) is 0 Å². The quantitative estimate of drug-likeness (QED) is 0.159. The minimum absolute atomic E-state index is 0.0446. The van der Waals surface area contributed by atoms with Gasteiger partial charge in [-0.15, -0.1) is 11.3 Å². The molecule has 6 heteroatoms. The molecule has 2 unspecified atom stereocenters. The van der Waals surface area contributed by atoms with Crippen molar-refractivity contribution < 1.29 is 0 Å². The van der Waals surface area contributed by atoms with Gasteiger partial charge in [0.05, 0.1) is 11.4 Å². The lowest BCUT2D eigenvalue weighted by atomic mass is 9.60. The summed E-state index contributed by atoms with van der Waals surface area (Å²) in [4.78, 5) is 25.8. The topological polar surface area (TPSA) is 64.5 Å². The minimum Gasteiger partial charge on any atom is -0.228 e. The molecule has 5 nitrogen and oxygen atoms in total. The van der Waals surface area contributed by atoms with Gasteiger partial charge in [0.1, 0.15) is 0 Å². The number of hydrogen-bond acceptors (Lipinski definition) is 6. The molecular formula is C63H39N5S. The summed E-state index contributed by atoms with van der Waals surface area (Å²) in [7, 11) is 0. The number of rotatable bonds is 7. The normalized spacial score (nSPS) is 14.4. The van der Waals surface area contributed by atoms with Crippen molar-refractivity contribution in [3.05, 3.63) is 258 Å². The third kappa shape index (κ3) is 6.63. The van der Waals surface area contributed by atoms with E-state index >= 15 is 0 Å². The summed E-state index contributed by atoms with van der Waals surface area (Å²) in [6.07, 6.45) is 0. The highest BCUT2D eigenvalue weighted by molar-refractivity contribution is 7.26. The molecule has 3 aliphatic carbocycles. The van der Waals surface area contributed by atoms with Crippen molar-refractivity contribution in [2.45, 2.75) is 11.8 Å². The Bertz CT molecular complexity index is 3920. The van der Waals surface area contributed by atoms with Crippen LogP contribution in [-0.4, -0.2) is 24.9 Å². The van der Waals surface area contributed by atoms with E-state index in [1.165, 1.54) is 64.7 Å². The number of benzene rings is 9. The van der Waals surface area contributed by atoms with Crippen LogP contribution in [0.25, 0.3) is 99.4 Å². The van der Waals surface area contributed by atoms with Crippen LogP contribution in [0.15, 0.2) is 224 Å². The molecule has 0 amide bonds. The summed E-state index contributed by atoms with van der Waals surface area (Å²) in [5.74, 6) is 2.76. The molecule has 3 aromatic heterocycles. The highest BCUT2D eigenvalue weighted by Crippen LogP contribution is 2.57. The summed E-state index contributed by atoms with van der Waals surface area (Å²) in [6, 6.07) is 79.8. The first-order valence-electron chi connectivity index (χ1n) is 23.4. The second-order valence-corrected chi connectivity index (χ2v) is 19.0. The van der Waals surface area contributed by atoms with Crippen LogP contribution in [0.3, 0.4) is 0 Å². The SMILES string of the molecule is c1ccc(-c2nc(-c3cccc(-c4cccc5c4sc4ccccc45)c3)cc(-c3ccc4c(c3)C3c5ccccc5C4c4cc(-c5nc(-c6ccccc6)nc(-c6ccccc6)n5)ccc43)n2)cc1. The van der Waals surface area contributed by atoms with Gasteiger partial charge in [0, 0.05) is 65.4 Å². The predicted molar refractivity (Wildman–Crippen MR) is 281 cm³/mol. The van der Waals surface area contributed by atoms with Crippen LogP contribution >= 0.6 is 11.3 Å². The van der Waals surface area contributed by atoms with Crippen LogP contribution in [0.4, 0.5) is 0 Å². The molecule has 0 spiro atoms. The Balaban J connectivity index is 0.883. The predicted octanol–water partition coefficient (Wildman–Crippen LogP) is 15.7. The Labute approximate surface area is 403 Å². The monoisotopic (exact) mass is 897 g/mol. The lowest BCUT2D eigenvalue weighted by molar-refractivity contribution is 0.754. The fraction of sp³-hybridized carbons (Fsp3) is 0.0317. The molecule has 2 bridgehead atoms. The molecule has 9 aromatic carbocycles. The molecule has 3 heterocycles. The maximum absolute atomic E-state index is 5.32. The van der Waals surface area contributed by atoms with Gasteiger partial charge in [0.15, 0.2) is 23.3 Å². The first-order valence-corrected chi connectivity index (χ1v) is 24.2. The van der Waals surface area contributed by atoms with Crippen molar-refractivity contribution in [3.63, 3.8) is 0 Å². The molecule has 0 N–H and O–H groups in total. The van der Waals surface area contributed by atoms with Gasteiger partial charge >= 0.3 is 0 Å². The Morgan fingerprint density at radius 3 is 1.33 bits per heavy atom. The number of hydrogen-bond donors (Lipinski definition) is 0. The summed E-state index contributed by atoms with van der Waals surface area (Å²) in [5.41, 5.74) is 18.1. The molecule has 0 aliphatic heterocycles. The molecule has 0 radical (unpaired) electrons.